The van der Waals surface area contributed by atoms with E-state index in [9.17, 15) is 0 Å². The third kappa shape index (κ3) is 1.96. The summed E-state index contributed by atoms with van der Waals surface area (Å²) in [7, 11) is 1.92. The van der Waals surface area contributed by atoms with E-state index in [2.05, 4.69) is 10.3 Å². The minimum atomic E-state index is 0.495. The lowest BCUT2D eigenvalue weighted by atomic mass is 9.96. The van der Waals surface area contributed by atoms with Gasteiger partial charge >= 0.3 is 0 Å². The van der Waals surface area contributed by atoms with Gasteiger partial charge in [-0.25, -0.2) is 4.98 Å². The Balaban J connectivity index is 2.09. The Morgan fingerprint density at radius 3 is 3.00 bits per heavy atom. The first-order valence-electron chi connectivity index (χ1n) is 5.06. The average Bonchev–Trinajstić information content (AvgIpc) is 2.68. The van der Waals surface area contributed by atoms with Gasteiger partial charge in [0.05, 0.1) is 5.69 Å². The van der Waals surface area contributed by atoms with E-state index in [-0.39, 0.29) is 0 Å². The molecule has 0 bridgehead atoms. The first kappa shape index (κ1) is 9.68. The van der Waals surface area contributed by atoms with Crippen molar-refractivity contribution in [1.82, 2.24) is 10.3 Å². The number of ether oxygens (including phenoxy) is 1. The van der Waals surface area contributed by atoms with E-state index in [0.717, 1.165) is 44.1 Å². The quantitative estimate of drug-likeness (QED) is 0.791. The normalized spacial score (nSPS) is 18.6. The molecular formula is C10H16N2O2. The summed E-state index contributed by atoms with van der Waals surface area (Å²) >= 11 is 0. The Morgan fingerprint density at radius 1 is 1.50 bits per heavy atom. The maximum absolute atomic E-state index is 5.45. The summed E-state index contributed by atoms with van der Waals surface area (Å²) in [5, 5.41) is 3.10. The summed E-state index contributed by atoms with van der Waals surface area (Å²) in [5.74, 6) is 1.54. The Bertz CT molecular complexity index is 279. The van der Waals surface area contributed by atoms with Gasteiger partial charge in [0.2, 0.25) is 0 Å². The third-order valence-corrected chi connectivity index (χ3v) is 2.61. The second-order valence-corrected chi connectivity index (χ2v) is 3.58. The van der Waals surface area contributed by atoms with Crippen LogP contribution in [0, 0.1) is 0 Å². The molecule has 1 aliphatic heterocycles. The van der Waals surface area contributed by atoms with Crippen LogP contribution in [0.15, 0.2) is 10.8 Å². The Hall–Kier alpha value is -0.870. The molecule has 14 heavy (non-hydrogen) atoms. The molecule has 0 aromatic carbocycles. The summed E-state index contributed by atoms with van der Waals surface area (Å²) in [5.41, 5.74) is 1.04. The molecule has 1 N–H and O–H groups in total. The molecule has 4 heteroatoms. The van der Waals surface area contributed by atoms with Crippen LogP contribution in [0.2, 0.25) is 0 Å². The molecule has 78 valence electrons. The summed E-state index contributed by atoms with van der Waals surface area (Å²) in [6.07, 6.45) is 3.63. The zero-order valence-corrected chi connectivity index (χ0v) is 8.45. The zero-order chi connectivity index (χ0) is 9.80. The summed E-state index contributed by atoms with van der Waals surface area (Å²) in [6, 6.07) is 0. The number of oxazole rings is 1. The van der Waals surface area contributed by atoms with Crippen molar-refractivity contribution in [2.45, 2.75) is 25.3 Å². The zero-order valence-electron chi connectivity index (χ0n) is 8.45. The van der Waals surface area contributed by atoms with E-state index in [4.69, 9.17) is 9.15 Å². The number of nitrogens with one attached hydrogen (secondary N) is 1. The molecule has 1 aliphatic rings. The third-order valence-electron chi connectivity index (χ3n) is 2.61. The standard InChI is InChI=1S/C10H16N2O2/c1-11-6-9-10(14-7-12-9)8-2-4-13-5-3-8/h7-8,11H,2-6H2,1H3. The highest BCUT2D eigenvalue weighted by atomic mass is 16.5. The highest BCUT2D eigenvalue weighted by Gasteiger charge is 2.22. The fourth-order valence-corrected chi connectivity index (χ4v) is 1.87. The summed E-state index contributed by atoms with van der Waals surface area (Å²) in [4.78, 5) is 4.21. The van der Waals surface area contributed by atoms with Crippen molar-refractivity contribution in [3.05, 3.63) is 17.8 Å². The maximum Gasteiger partial charge on any atom is 0.181 e. The number of hydrogen-bond donors (Lipinski definition) is 1. The van der Waals surface area contributed by atoms with Gasteiger partial charge in [-0.1, -0.05) is 0 Å². The van der Waals surface area contributed by atoms with Gasteiger partial charge in [-0.05, 0) is 19.9 Å². The second kappa shape index (κ2) is 4.57. The second-order valence-electron chi connectivity index (χ2n) is 3.58. The molecule has 2 heterocycles. The average molecular weight is 196 g/mol. The molecule has 1 fully saturated rings. The molecule has 0 unspecified atom stereocenters. The van der Waals surface area contributed by atoms with E-state index < -0.39 is 0 Å². The fraction of sp³-hybridized carbons (Fsp3) is 0.700. The predicted octanol–water partition coefficient (Wildman–Crippen LogP) is 1.29. The van der Waals surface area contributed by atoms with Crippen LogP contribution in [0.4, 0.5) is 0 Å². The van der Waals surface area contributed by atoms with Crippen LogP contribution in [0.1, 0.15) is 30.2 Å². The van der Waals surface area contributed by atoms with Crippen LogP contribution in [-0.2, 0) is 11.3 Å². The lowest BCUT2D eigenvalue weighted by Gasteiger charge is -2.20. The van der Waals surface area contributed by atoms with Crippen molar-refractivity contribution in [1.29, 1.82) is 0 Å². The topological polar surface area (TPSA) is 47.3 Å². The SMILES string of the molecule is CNCc1ncoc1C1CCOCC1. The van der Waals surface area contributed by atoms with E-state index in [1.165, 1.54) is 6.39 Å². The van der Waals surface area contributed by atoms with E-state index >= 15 is 0 Å². The molecule has 0 aliphatic carbocycles. The largest absolute Gasteiger partial charge is 0.448 e. The van der Waals surface area contributed by atoms with Crippen LogP contribution >= 0.6 is 0 Å². The lowest BCUT2D eigenvalue weighted by Crippen LogP contribution is -2.16. The first-order valence-corrected chi connectivity index (χ1v) is 5.06. The minimum absolute atomic E-state index is 0.495. The van der Waals surface area contributed by atoms with Crippen molar-refractivity contribution >= 4 is 0 Å². The van der Waals surface area contributed by atoms with E-state index in [1.807, 2.05) is 7.05 Å². The van der Waals surface area contributed by atoms with Gasteiger partial charge in [0, 0.05) is 25.7 Å². The lowest BCUT2D eigenvalue weighted by molar-refractivity contribution is 0.0804. The molecule has 0 radical (unpaired) electrons. The van der Waals surface area contributed by atoms with Crippen molar-refractivity contribution in [2.75, 3.05) is 20.3 Å². The van der Waals surface area contributed by atoms with Gasteiger partial charge in [0.1, 0.15) is 5.76 Å². The van der Waals surface area contributed by atoms with Crippen LogP contribution < -0.4 is 5.32 Å². The maximum atomic E-state index is 5.45. The Kier molecular flexibility index (Phi) is 3.16. The summed E-state index contributed by atoms with van der Waals surface area (Å²) in [6.45, 7) is 2.46. The fourth-order valence-electron chi connectivity index (χ4n) is 1.87. The molecular weight excluding hydrogens is 180 g/mol. The van der Waals surface area contributed by atoms with Crippen LogP contribution in [0.3, 0.4) is 0 Å². The van der Waals surface area contributed by atoms with Gasteiger partial charge in [-0.3, -0.25) is 0 Å². The summed E-state index contributed by atoms with van der Waals surface area (Å²) < 4.78 is 10.8. The number of rotatable bonds is 3. The number of hydrogen-bond acceptors (Lipinski definition) is 4. The van der Waals surface area contributed by atoms with Gasteiger partial charge in [0.15, 0.2) is 6.39 Å². The highest BCUT2D eigenvalue weighted by Crippen LogP contribution is 2.28. The van der Waals surface area contributed by atoms with Crippen molar-refractivity contribution in [2.24, 2.45) is 0 Å². The van der Waals surface area contributed by atoms with Gasteiger partial charge in [0.25, 0.3) is 0 Å². The number of aromatic nitrogens is 1. The van der Waals surface area contributed by atoms with Gasteiger partial charge < -0.3 is 14.5 Å². The highest BCUT2D eigenvalue weighted by molar-refractivity contribution is 5.13. The van der Waals surface area contributed by atoms with Crippen LogP contribution in [-0.4, -0.2) is 25.2 Å². The van der Waals surface area contributed by atoms with Gasteiger partial charge in [-0.2, -0.15) is 0 Å². The van der Waals surface area contributed by atoms with Gasteiger partial charge in [-0.15, -0.1) is 0 Å². The smallest absolute Gasteiger partial charge is 0.181 e. The molecule has 1 saturated heterocycles. The molecule has 4 nitrogen and oxygen atoms in total. The molecule has 1 aromatic heterocycles. The molecule has 0 atom stereocenters. The first-order chi connectivity index (χ1) is 6.92. The minimum Gasteiger partial charge on any atom is -0.448 e. The molecule has 0 amide bonds. The van der Waals surface area contributed by atoms with Crippen LogP contribution in [0.5, 0.6) is 0 Å². The van der Waals surface area contributed by atoms with Crippen molar-refractivity contribution in [3.63, 3.8) is 0 Å². The molecule has 0 spiro atoms. The Labute approximate surface area is 83.7 Å². The van der Waals surface area contributed by atoms with Crippen LogP contribution in [0.25, 0.3) is 0 Å². The molecule has 0 saturated carbocycles. The molecule has 2 rings (SSSR count). The predicted molar refractivity (Wildman–Crippen MR) is 52.1 cm³/mol. The molecule has 1 aromatic rings. The number of nitrogens with zero attached hydrogens (tertiary/aromatic N) is 1. The van der Waals surface area contributed by atoms with Crippen molar-refractivity contribution < 1.29 is 9.15 Å². The van der Waals surface area contributed by atoms with E-state index in [0.29, 0.717) is 5.92 Å². The Morgan fingerprint density at radius 2 is 2.29 bits per heavy atom. The van der Waals surface area contributed by atoms with Crippen molar-refractivity contribution in [3.8, 4) is 0 Å². The monoisotopic (exact) mass is 196 g/mol. The van der Waals surface area contributed by atoms with E-state index in [1.54, 1.807) is 0 Å².